The van der Waals surface area contributed by atoms with Crippen LogP contribution in [0.4, 0.5) is 0 Å². The van der Waals surface area contributed by atoms with Crippen molar-refractivity contribution in [2.24, 2.45) is 0 Å². The molecule has 0 amide bonds. The lowest BCUT2D eigenvalue weighted by atomic mass is 10.0. The largest absolute Gasteiger partial charge is 0.312 e. The van der Waals surface area contributed by atoms with Crippen LogP contribution in [-0.4, -0.2) is 7.05 Å². The van der Waals surface area contributed by atoms with E-state index in [1.807, 2.05) is 14.0 Å². The van der Waals surface area contributed by atoms with Gasteiger partial charge in [-0.2, -0.15) is 0 Å². The molecule has 0 spiro atoms. The summed E-state index contributed by atoms with van der Waals surface area (Å²) in [7, 11) is 1.96. The number of hydrogen-bond acceptors (Lipinski definition) is 1. The lowest BCUT2D eigenvalue weighted by Gasteiger charge is -2.13. The van der Waals surface area contributed by atoms with Crippen LogP contribution < -0.4 is 5.32 Å². The molecule has 1 unspecified atom stereocenters. The fraction of sp³-hybridized carbons (Fsp3) is 0.333. The zero-order valence-electron chi connectivity index (χ0n) is 8.47. The first-order chi connectivity index (χ1) is 6.77. The maximum absolute atomic E-state index is 3.42. The minimum Gasteiger partial charge on any atom is -0.312 e. The third kappa shape index (κ3) is 3.17. The lowest BCUT2D eigenvalue weighted by molar-refractivity contribution is 0.611. The second-order valence-electron chi connectivity index (χ2n) is 3.02. The van der Waals surface area contributed by atoms with Crippen LogP contribution in [0.5, 0.6) is 0 Å². The van der Waals surface area contributed by atoms with Crippen LogP contribution in [0.1, 0.15) is 24.9 Å². The Morgan fingerprint density at radius 3 is 2.50 bits per heavy atom. The molecular formula is C12H14BrN. The van der Waals surface area contributed by atoms with Crippen LogP contribution in [0, 0.1) is 11.8 Å². The van der Waals surface area contributed by atoms with E-state index in [2.05, 4.69) is 57.4 Å². The third-order valence-corrected chi connectivity index (χ3v) is 2.63. The molecule has 0 aliphatic heterocycles. The highest BCUT2D eigenvalue weighted by Crippen LogP contribution is 2.18. The first-order valence-corrected chi connectivity index (χ1v) is 5.39. The van der Waals surface area contributed by atoms with E-state index < -0.39 is 0 Å². The van der Waals surface area contributed by atoms with Crippen LogP contribution in [0.25, 0.3) is 0 Å². The Labute approximate surface area is 94.0 Å². The quantitative estimate of drug-likeness (QED) is 0.815. The van der Waals surface area contributed by atoms with Crippen molar-refractivity contribution in [1.29, 1.82) is 0 Å². The van der Waals surface area contributed by atoms with Gasteiger partial charge in [-0.25, -0.2) is 0 Å². The van der Waals surface area contributed by atoms with E-state index in [9.17, 15) is 0 Å². The number of nitrogens with one attached hydrogen (secondary N) is 1. The molecular weight excluding hydrogens is 238 g/mol. The van der Waals surface area contributed by atoms with Gasteiger partial charge in [-0.1, -0.05) is 28.1 Å². The summed E-state index contributed by atoms with van der Waals surface area (Å²) in [5, 5.41) is 3.25. The van der Waals surface area contributed by atoms with E-state index in [0.717, 1.165) is 10.9 Å². The summed E-state index contributed by atoms with van der Waals surface area (Å²) in [5.41, 5.74) is 1.28. The molecule has 0 aromatic heterocycles. The molecule has 1 atom stereocenters. The minimum atomic E-state index is 0.329. The van der Waals surface area contributed by atoms with E-state index >= 15 is 0 Å². The first kappa shape index (κ1) is 11.3. The second kappa shape index (κ2) is 5.85. The van der Waals surface area contributed by atoms with Gasteiger partial charge in [0.25, 0.3) is 0 Å². The van der Waals surface area contributed by atoms with E-state index in [0.29, 0.717) is 6.04 Å². The molecule has 0 heterocycles. The van der Waals surface area contributed by atoms with Crippen molar-refractivity contribution >= 4 is 15.9 Å². The predicted molar refractivity (Wildman–Crippen MR) is 64.0 cm³/mol. The molecule has 1 aromatic rings. The first-order valence-electron chi connectivity index (χ1n) is 4.60. The highest BCUT2D eigenvalue weighted by Gasteiger charge is 2.06. The van der Waals surface area contributed by atoms with Crippen LogP contribution in [0.15, 0.2) is 28.7 Å². The third-order valence-electron chi connectivity index (χ3n) is 2.10. The summed E-state index contributed by atoms with van der Waals surface area (Å²) in [5.74, 6) is 6.00. The average molecular weight is 252 g/mol. The topological polar surface area (TPSA) is 12.0 Å². The van der Waals surface area contributed by atoms with Gasteiger partial charge in [0, 0.05) is 16.9 Å². The maximum atomic E-state index is 3.42. The molecule has 74 valence electrons. The van der Waals surface area contributed by atoms with E-state index in [-0.39, 0.29) is 0 Å². The molecule has 1 N–H and O–H groups in total. The standard InChI is InChI=1S/C12H14BrN/c1-3-4-5-12(14-2)10-6-8-11(13)9-7-10/h6-9,12,14H,5H2,1-2H3. The van der Waals surface area contributed by atoms with E-state index in [1.54, 1.807) is 0 Å². The number of halogens is 1. The van der Waals surface area contributed by atoms with Gasteiger partial charge in [0.05, 0.1) is 0 Å². The second-order valence-corrected chi connectivity index (χ2v) is 3.94. The molecule has 0 bridgehead atoms. The molecule has 14 heavy (non-hydrogen) atoms. The van der Waals surface area contributed by atoms with Gasteiger partial charge in [-0.05, 0) is 31.7 Å². The molecule has 0 saturated heterocycles. The molecule has 0 fully saturated rings. The zero-order valence-corrected chi connectivity index (χ0v) is 10.1. The highest BCUT2D eigenvalue weighted by molar-refractivity contribution is 9.10. The molecule has 0 aliphatic carbocycles. The molecule has 0 radical (unpaired) electrons. The van der Waals surface area contributed by atoms with Crippen LogP contribution >= 0.6 is 15.9 Å². The van der Waals surface area contributed by atoms with Gasteiger partial charge in [-0.3, -0.25) is 0 Å². The molecule has 2 heteroatoms. The van der Waals surface area contributed by atoms with Gasteiger partial charge in [0.15, 0.2) is 0 Å². The summed E-state index contributed by atoms with van der Waals surface area (Å²) in [4.78, 5) is 0. The van der Waals surface area contributed by atoms with Crippen molar-refractivity contribution in [1.82, 2.24) is 5.32 Å². The van der Waals surface area contributed by atoms with Gasteiger partial charge in [0.1, 0.15) is 0 Å². The lowest BCUT2D eigenvalue weighted by Crippen LogP contribution is -2.15. The van der Waals surface area contributed by atoms with Crippen molar-refractivity contribution in [2.45, 2.75) is 19.4 Å². The summed E-state index contributed by atoms with van der Waals surface area (Å²) >= 11 is 3.42. The summed E-state index contributed by atoms with van der Waals surface area (Å²) in [6.07, 6.45) is 0.856. The number of hydrogen-bond donors (Lipinski definition) is 1. The maximum Gasteiger partial charge on any atom is 0.0428 e. The van der Waals surface area contributed by atoms with Crippen molar-refractivity contribution in [2.75, 3.05) is 7.05 Å². The fourth-order valence-corrected chi connectivity index (χ4v) is 1.55. The number of benzene rings is 1. The normalized spacial score (nSPS) is 11.6. The highest BCUT2D eigenvalue weighted by atomic mass is 79.9. The summed E-state index contributed by atoms with van der Waals surface area (Å²) < 4.78 is 1.11. The molecule has 0 aliphatic rings. The Morgan fingerprint density at radius 2 is 2.00 bits per heavy atom. The Hall–Kier alpha value is -0.780. The van der Waals surface area contributed by atoms with Crippen molar-refractivity contribution in [3.05, 3.63) is 34.3 Å². The van der Waals surface area contributed by atoms with E-state index in [1.165, 1.54) is 5.56 Å². The fourth-order valence-electron chi connectivity index (χ4n) is 1.29. The molecule has 1 rings (SSSR count). The SMILES string of the molecule is CC#CCC(NC)c1ccc(Br)cc1. The molecule has 1 aromatic carbocycles. The number of rotatable bonds is 3. The molecule has 1 nitrogen and oxygen atoms in total. The van der Waals surface area contributed by atoms with Crippen LogP contribution in [0.2, 0.25) is 0 Å². The Balaban J connectivity index is 2.76. The predicted octanol–water partition coefficient (Wildman–Crippen LogP) is 3.12. The van der Waals surface area contributed by atoms with Crippen molar-refractivity contribution < 1.29 is 0 Å². The summed E-state index contributed by atoms with van der Waals surface area (Å²) in [6, 6.07) is 8.67. The molecule has 0 saturated carbocycles. The Kier molecular flexibility index (Phi) is 4.72. The van der Waals surface area contributed by atoms with Crippen LogP contribution in [0.3, 0.4) is 0 Å². The zero-order chi connectivity index (χ0) is 10.4. The monoisotopic (exact) mass is 251 g/mol. The van der Waals surface area contributed by atoms with E-state index in [4.69, 9.17) is 0 Å². The summed E-state index contributed by atoms with van der Waals surface area (Å²) in [6.45, 7) is 1.87. The van der Waals surface area contributed by atoms with Gasteiger partial charge in [-0.15, -0.1) is 11.8 Å². The average Bonchev–Trinajstić information content (AvgIpc) is 2.21. The Morgan fingerprint density at radius 1 is 1.36 bits per heavy atom. The van der Waals surface area contributed by atoms with Gasteiger partial charge in [0.2, 0.25) is 0 Å². The smallest absolute Gasteiger partial charge is 0.0428 e. The van der Waals surface area contributed by atoms with Gasteiger partial charge < -0.3 is 5.32 Å². The van der Waals surface area contributed by atoms with Crippen molar-refractivity contribution in [3.63, 3.8) is 0 Å². The minimum absolute atomic E-state index is 0.329. The van der Waals surface area contributed by atoms with Gasteiger partial charge >= 0.3 is 0 Å². The van der Waals surface area contributed by atoms with Crippen molar-refractivity contribution in [3.8, 4) is 11.8 Å². The van der Waals surface area contributed by atoms with Crippen LogP contribution in [-0.2, 0) is 0 Å². The Bertz CT molecular complexity index is 332.